The summed E-state index contributed by atoms with van der Waals surface area (Å²) < 4.78 is 140. The van der Waals surface area contributed by atoms with Gasteiger partial charge >= 0.3 is 18.5 Å². The van der Waals surface area contributed by atoms with Crippen molar-refractivity contribution in [2.75, 3.05) is 0 Å². The quantitative estimate of drug-likeness (QED) is 0.121. The highest BCUT2D eigenvalue weighted by Crippen LogP contribution is 2.50. The Balaban J connectivity index is 0.000000165. The highest BCUT2D eigenvalue weighted by atomic mass is 19.4. The first-order valence-corrected chi connectivity index (χ1v) is 32.7. The average Bonchev–Trinajstić information content (AvgIpc) is 1.53. The van der Waals surface area contributed by atoms with Gasteiger partial charge in [-0.15, -0.1) is 0 Å². The molecule has 102 heavy (non-hydrogen) atoms. The van der Waals surface area contributed by atoms with Gasteiger partial charge in [-0.3, -0.25) is 0 Å². The van der Waals surface area contributed by atoms with Gasteiger partial charge in [0.25, 0.3) is 0 Å². The second-order valence-electron chi connectivity index (χ2n) is 26.2. The zero-order valence-electron chi connectivity index (χ0n) is 56.2. The third-order valence-electron chi connectivity index (χ3n) is 19.9. The van der Waals surface area contributed by atoms with Crippen molar-refractivity contribution in [3.63, 3.8) is 0 Å². The van der Waals surface area contributed by atoms with E-state index >= 15 is 13.2 Å². The summed E-state index contributed by atoms with van der Waals surface area (Å²) in [5.41, 5.74) is 12.3. The molecular weight excluding hydrogens is 1300 g/mol. The fraction of sp³-hybridized carbons (Fsp3) is 0.128. The largest absolute Gasteiger partial charge is 0.418 e. The average molecular weight is 1360 g/mol. The Kier molecular flexibility index (Phi) is 15.4. The molecule has 500 valence electrons. The van der Waals surface area contributed by atoms with Crippen LogP contribution in [0.1, 0.15) is 66.8 Å². The monoisotopic (exact) mass is 1360 g/mol. The molecule has 7 nitrogen and oxygen atoms in total. The number of nitrogens with zero attached hydrogens (tertiary/aromatic N) is 7. The van der Waals surface area contributed by atoms with Crippen LogP contribution in [0.3, 0.4) is 0 Å². The van der Waals surface area contributed by atoms with Crippen LogP contribution < -0.4 is 0 Å². The molecule has 0 fully saturated rings. The highest BCUT2D eigenvalue weighted by Gasteiger charge is 2.39. The molecule has 16 aromatic rings. The van der Waals surface area contributed by atoms with Gasteiger partial charge in [-0.2, -0.15) is 44.8 Å². The summed E-state index contributed by atoms with van der Waals surface area (Å²) in [5.74, 6) is 0. The van der Waals surface area contributed by atoms with E-state index in [-0.39, 0.29) is 39.4 Å². The zero-order valence-corrected chi connectivity index (χ0v) is 56.2. The van der Waals surface area contributed by atoms with E-state index in [0.29, 0.717) is 44.6 Å². The molecule has 0 atom stereocenters. The molecule has 4 heterocycles. The van der Waals surface area contributed by atoms with Crippen molar-refractivity contribution in [2.24, 2.45) is 0 Å². The van der Waals surface area contributed by atoms with Crippen molar-refractivity contribution in [1.29, 1.82) is 5.26 Å². The van der Waals surface area contributed by atoms with Crippen molar-refractivity contribution in [3.8, 4) is 51.1 Å². The molecule has 0 bridgehead atoms. The summed E-state index contributed by atoms with van der Waals surface area (Å²) in [6, 6.07) is 61.0. The number of hydrogen-bond acceptors (Lipinski definition) is 1. The number of alkyl halides is 9. The minimum atomic E-state index is -4.88. The van der Waals surface area contributed by atoms with E-state index in [1.807, 2.05) is 166 Å². The lowest BCUT2D eigenvalue weighted by molar-refractivity contribution is -0.138. The van der Waals surface area contributed by atoms with E-state index in [2.05, 4.69) is 41.7 Å². The van der Waals surface area contributed by atoms with Gasteiger partial charge < -0.3 is 18.3 Å². The zero-order chi connectivity index (χ0) is 71.9. The second-order valence-corrected chi connectivity index (χ2v) is 26.2. The van der Waals surface area contributed by atoms with Crippen molar-refractivity contribution in [2.45, 2.75) is 73.9 Å². The van der Waals surface area contributed by atoms with Gasteiger partial charge in [0.15, 0.2) is 11.4 Å². The molecule has 0 radical (unpaired) electrons. The van der Waals surface area contributed by atoms with E-state index in [4.69, 9.17) is 13.1 Å². The maximum absolute atomic E-state index is 15.6. The molecule has 12 aromatic carbocycles. The summed E-state index contributed by atoms with van der Waals surface area (Å²) in [7, 11) is 0. The number of benzene rings is 12. The Morgan fingerprint density at radius 1 is 0.304 bits per heavy atom. The number of aromatic nitrogens is 4. The molecule has 0 saturated carbocycles. The van der Waals surface area contributed by atoms with E-state index < -0.39 is 35.2 Å². The van der Waals surface area contributed by atoms with E-state index in [1.165, 1.54) is 18.2 Å². The number of nitriles is 1. The molecule has 16 heteroatoms. The normalized spacial score (nSPS) is 12.1. The van der Waals surface area contributed by atoms with Crippen molar-refractivity contribution >= 4 is 98.6 Å². The van der Waals surface area contributed by atoms with Crippen molar-refractivity contribution in [1.82, 2.24) is 18.3 Å². The van der Waals surface area contributed by atoms with Gasteiger partial charge in [0.1, 0.15) is 6.07 Å². The first-order chi connectivity index (χ1) is 48.7. The number of hydrogen-bond donors (Lipinski definition) is 0. The van der Waals surface area contributed by atoms with Crippen molar-refractivity contribution < 1.29 is 39.5 Å². The third-order valence-corrected chi connectivity index (χ3v) is 19.9. The SMILES string of the molecule is [C-]#[N+]c1cc(-c2cc(-n3c4cccc(C)c4c4c(C)cccc43)c(C#N)cc2-n2c3cccc(C)c3c3c(C)cccc32)cc(C(F)(F)F)c1.[C-]#[N+]c1cc(-c2cc(-n3c4cccc(C)c4c4c(C)cccc43)c(C(F)(F)F)cc2-n2c3cccc(C)c3c3c(C)cccc32)cc(C(F)(F)F)c1. The van der Waals surface area contributed by atoms with Crippen LogP contribution in [-0.4, -0.2) is 18.3 Å². The van der Waals surface area contributed by atoms with E-state index in [9.17, 15) is 31.6 Å². The fourth-order valence-corrected chi connectivity index (χ4v) is 15.5. The first kappa shape index (κ1) is 65.6. The first-order valence-electron chi connectivity index (χ1n) is 32.7. The molecule has 0 aliphatic rings. The smallest absolute Gasteiger partial charge is 0.309 e. The minimum Gasteiger partial charge on any atom is -0.309 e. The molecular formula is C86H58F9N7. The summed E-state index contributed by atoms with van der Waals surface area (Å²) in [4.78, 5) is 6.77. The second kappa shape index (κ2) is 24.0. The number of rotatable bonds is 6. The van der Waals surface area contributed by atoms with Gasteiger partial charge in [-0.1, -0.05) is 97.1 Å². The maximum atomic E-state index is 15.6. The van der Waals surface area contributed by atoms with Gasteiger partial charge in [-0.05, 0) is 220 Å². The number of aryl methyl sites for hydroxylation is 8. The van der Waals surface area contributed by atoms with Crippen LogP contribution in [0.5, 0.6) is 0 Å². The van der Waals surface area contributed by atoms with Crippen LogP contribution >= 0.6 is 0 Å². The summed E-state index contributed by atoms with van der Waals surface area (Å²) >= 11 is 0. The van der Waals surface area contributed by atoms with Crippen LogP contribution in [0, 0.1) is 79.9 Å². The third kappa shape index (κ3) is 10.4. The predicted molar refractivity (Wildman–Crippen MR) is 391 cm³/mol. The molecule has 0 spiro atoms. The predicted octanol–water partition coefficient (Wildman–Crippen LogP) is 25.6. The molecule has 0 saturated heterocycles. The summed E-state index contributed by atoms with van der Waals surface area (Å²) in [5, 5.41) is 18.3. The number of halogens is 9. The Labute approximate surface area is 579 Å². The van der Waals surface area contributed by atoms with E-state index in [0.717, 1.165) is 140 Å². The van der Waals surface area contributed by atoms with E-state index in [1.54, 1.807) is 39.5 Å². The van der Waals surface area contributed by atoms with Crippen molar-refractivity contribution in [3.05, 3.63) is 296 Å². The Morgan fingerprint density at radius 3 is 0.814 bits per heavy atom. The Hall–Kier alpha value is -12.3. The fourth-order valence-electron chi connectivity index (χ4n) is 15.5. The van der Waals surface area contributed by atoms with Crippen LogP contribution in [0.4, 0.5) is 50.9 Å². The van der Waals surface area contributed by atoms with Crippen LogP contribution in [0.25, 0.3) is 142 Å². The minimum absolute atomic E-state index is 0.0331. The van der Waals surface area contributed by atoms with Gasteiger partial charge in [-0.25, -0.2) is 9.69 Å². The standard InChI is InChI=1S/C43H29F6N3.C43H29F3N4/c1-23-10-6-14-32-38(23)39-24(2)11-7-15-33(39)51(32)36-22-31(43(47,48)49)37(21-30(36)27-18-28(42(44,45)46)20-29(19-27)50-5)52-34-16-8-12-25(3)40(34)41-26(4)13-9-17-35(41)52;1-24-10-6-14-33-39(24)40-25(2)11-7-15-34(40)49(33)37-22-32(28-18-30(43(44,45)46)21-31(19-28)48-5)38(20-29(37)23-47)50-35-16-8-12-26(3)41(35)42-27(4)13-9-17-36(42)50/h6-22H,1-4H3;6-22H,1-4H3. The molecule has 0 N–H and O–H groups in total. The lowest BCUT2D eigenvalue weighted by Gasteiger charge is -2.23. The molecule has 0 aliphatic carbocycles. The summed E-state index contributed by atoms with van der Waals surface area (Å²) in [6.07, 6.45) is -14.4. The maximum Gasteiger partial charge on any atom is 0.418 e. The lowest BCUT2D eigenvalue weighted by Crippen LogP contribution is -2.13. The topological polar surface area (TPSA) is 52.2 Å². The molecule has 0 amide bonds. The van der Waals surface area contributed by atoms with Gasteiger partial charge in [0.2, 0.25) is 0 Å². The Bertz CT molecular complexity index is 6180. The number of fused-ring (bicyclic) bond motifs is 12. The van der Waals surface area contributed by atoms with Crippen LogP contribution in [0.15, 0.2) is 206 Å². The van der Waals surface area contributed by atoms with Crippen LogP contribution in [0.2, 0.25) is 0 Å². The summed E-state index contributed by atoms with van der Waals surface area (Å²) in [6.45, 7) is 31.2. The Morgan fingerprint density at radius 2 is 0.559 bits per heavy atom. The molecule has 4 aromatic heterocycles. The molecule has 16 rings (SSSR count). The molecule has 0 aliphatic heterocycles. The van der Waals surface area contributed by atoms with Gasteiger partial charge in [0, 0.05) is 65.3 Å². The van der Waals surface area contributed by atoms with Crippen LogP contribution in [-0.2, 0) is 18.5 Å². The molecule has 0 unspecified atom stereocenters. The lowest BCUT2D eigenvalue weighted by atomic mass is 9.96. The van der Waals surface area contributed by atoms with Gasteiger partial charge in [0.05, 0.1) is 91.2 Å². The highest BCUT2D eigenvalue weighted by molar-refractivity contribution is 6.16.